The first kappa shape index (κ1) is 14.3. The highest BCUT2D eigenvalue weighted by Gasteiger charge is 2.44. The van der Waals surface area contributed by atoms with E-state index in [1.54, 1.807) is 6.92 Å². The molecule has 5 nitrogen and oxygen atoms in total. The largest absolute Gasteiger partial charge is 0.481 e. The Kier molecular flexibility index (Phi) is 4.45. The Labute approximate surface area is 114 Å². The van der Waals surface area contributed by atoms with Crippen molar-refractivity contribution in [1.29, 1.82) is 0 Å². The summed E-state index contributed by atoms with van der Waals surface area (Å²) < 4.78 is 0. The van der Waals surface area contributed by atoms with E-state index in [1.165, 1.54) is 0 Å². The molecule has 2 fully saturated rings. The van der Waals surface area contributed by atoms with Crippen LogP contribution in [0, 0.1) is 11.3 Å². The predicted molar refractivity (Wildman–Crippen MR) is 71.7 cm³/mol. The Balaban J connectivity index is 1.99. The molecule has 0 spiro atoms. The summed E-state index contributed by atoms with van der Waals surface area (Å²) in [5.74, 6) is -0.778. The predicted octanol–water partition coefficient (Wildman–Crippen LogP) is 1.14. The van der Waals surface area contributed by atoms with Crippen molar-refractivity contribution < 1.29 is 14.7 Å². The number of aliphatic carboxylic acids is 1. The third kappa shape index (κ3) is 3.08. The van der Waals surface area contributed by atoms with Crippen LogP contribution in [0.25, 0.3) is 0 Å². The van der Waals surface area contributed by atoms with Gasteiger partial charge in [0.05, 0.1) is 11.3 Å². The zero-order valence-electron chi connectivity index (χ0n) is 11.6. The molecule has 3 unspecified atom stereocenters. The van der Waals surface area contributed by atoms with E-state index in [2.05, 4.69) is 10.6 Å². The van der Waals surface area contributed by atoms with E-state index in [4.69, 9.17) is 0 Å². The fourth-order valence-electron chi connectivity index (χ4n) is 3.19. The Bertz CT molecular complexity index is 353. The molecule has 0 aromatic heterocycles. The smallest absolute Gasteiger partial charge is 0.311 e. The van der Waals surface area contributed by atoms with Gasteiger partial charge in [-0.05, 0) is 39.2 Å². The number of rotatable bonds is 3. The zero-order chi connectivity index (χ0) is 13.9. The second kappa shape index (κ2) is 5.90. The maximum Gasteiger partial charge on any atom is 0.311 e. The lowest BCUT2D eigenvalue weighted by Crippen LogP contribution is -2.54. The second-order valence-corrected chi connectivity index (χ2v) is 6.07. The summed E-state index contributed by atoms with van der Waals surface area (Å²) in [7, 11) is 0. The van der Waals surface area contributed by atoms with Gasteiger partial charge in [0, 0.05) is 12.6 Å². The molecule has 5 heteroatoms. The third-order valence-corrected chi connectivity index (χ3v) is 4.68. The van der Waals surface area contributed by atoms with Gasteiger partial charge >= 0.3 is 5.97 Å². The molecule has 0 bridgehead atoms. The van der Waals surface area contributed by atoms with Gasteiger partial charge in [-0.15, -0.1) is 0 Å². The van der Waals surface area contributed by atoms with Gasteiger partial charge in [0.2, 0.25) is 5.91 Å². The van der Waals surface area contributed by atoms with Crippen molar-refractivity contribution in [3.8, 4) is 0 Å². The lowest BCUT2D eigenvalue weighted by molar-refractivity contribution is -0.152. The quantitative estimate of drug-likeness (QED) is 0.717. The molecule has 0 radical (unpaired) electrons. The first-order valence-electron chi connectivity index (χ1n) is 7.28. The van der Waals surface area contributed by atoms with Crippen LogP contribution in [-0.4, -0.2) is 36.1 Å². The van der Waals surface area contributed by atoms with Gasteiger partial charge in [0.1, 0.15) is 0 Å². The summed E-state index contributed by atoms with van der Waals surface area (Å²) >= 11 is 0. The Morgan fingerprint density at radius 2 is 2.05 bits per heavy atom. The van der Waals surface area contributed by atoms with Gasteiger partial charge < -0.3 is 15.7 Å². The number of hydrogen-bond acceptors (Lipinski definition) is 3. The van der Waals surface area contributed by atoms with E-state index >= 15 is 0 Å². The molecule has 0 aromatic carbocycles. The highest BCUT2D eigenvalue weighted by atomic mass is 16.4. The minimum Gasteiger partial charge on any atom is -0.481 e. The van der Waals surface area contributed by atoms with E-state index < -0.39 is 11.4 Å². The minimum atomic E-state index is -0.810. The molecule has 1 aliphatic carbocycles. The van der Waals surface area contributed by atoms with Crippen LogP contribution in [0.5, 0.6) is 0 Å². The lowest BCUT2D eigenvalue weighted by atomic mass is 9.71. The van der Waals surface area contributed by atoms with Crippen molar-refractivity contribution in [2.24, 2.45) is 11.3 Å². The number of hydrogen-bond donors (Lipinski definition) is 3. The van der Waals surface area contributed by atoms with Gasteiger partial charge in [-0.3, -0.25) is 9.59 Å². The Hall–Kier alpha value is -1.10. The van der Waals surface area contributed by atoms with Gasteiger partial charge in [0.25, 0.3) is 0 Å². The van der Waals surface area contributed by atoms with Crippen molar-refractivity contribution in [1.82, 2.24) is 10.6 Å². The monoisotopic (exact) mass is 268 g/mol. The molecule has 1 amide bonds. The van der Waals surface area contributed by atoms with E-state index in [0.717, 1.165) is 38.6 Å². The van der Waals surface area contributed by atoms with Crippen molar-refractivity contribution in [2.45, 2.75) is 51.5 Å². The molecular weight excluding hydrogens is 244 g/mol. The van der Waals surface area contributed by atoms with Crippen LogP contribution in [-0.2, 0) is 9.59 Å². The molecule has 19 heavy (non-hydrogen) atoms. The number of carboxylic acid groups (broad SMARTS) is 1. The zero-order valence-corrected chi connectivity index (χ0v) is 11.6. The van der Waals surface area contributed by atoms with E-state index in [9.17, 15) is 14.7 Å². The number of carbonyl (C=O) groups excluding carboxylic acids is 1. The normalized spacial score (nSPS) is 35.6. The number of amides is 1. The summed E-state index contributed by atoms with van der Waals surface area (Å²) in [5.41, 5.74) is -0.810. The summed E-state index contributed by atoms with van der Waals surface area (Å²) in [6.07, 6.45) is 5.26. The highest BCUT2D eigenvalue weighted by Crippen LogP contribution is 2.36. The Morgan fingerprint density at radius 3 is 2.68 bits per heavy atom. The van der Waals surface area contributed by atoms with Crippen LogP contribution in [0.4, 0.5) is 0 Å². The fraction of sp³-hybridized carbons (Fsp3) is 0.857. The van der Waals surface area contributed by atoms with Crippen LogP contribution >= 0.6 is 0 Å². The maximum absolute atomic E-state index is 12.2. The first-order valence-corrected chi connectivity index (χ1v) is 7.28. The molecular formula is C14H24N2O3. The van der Waals surface area contributed by atoms with Gasteiger partial charge in [0.15, 0.2) is 0 Å². The molecule has 2 rings (SSSR count). The summed E-state index contributed by atoms with van der Waals surface area (Å²) in [4.78, 5) is 23.7. The SMILES string of the molecule is CC1(C(=O)O)CCCCC1NC(=O)C1CCCNC1. The first-order chi connectivity index (χ1) is 9.04. The van der Waals surface area contributed by atoms with E-state index in [-0.39, 0.29) is 17.9 Å². The average Bonchev–Trinajstić information content (AvgIpc) is 2.42. The molecule has 1 aliphatic heterocycles. The number of nitrogens with one attached hydrogen (secondary N) is 2. The molecule has 0 aromatic rings. The van der Waals surface area contributed by atoms with Crippen molar-refractivity contribution in [3.63, 3.8) is 0 Å². The molecule has 108 valence electrons. The molecule has 2 aliphatic rings. The van der Waals surface area contributed by atoms with Crippen molar-refractivity contribution in [3.05, 3.63) is 0 Å². The Morgan fingerprint density at radius 1 is 1.26 bits per heavy atom. The molecule has 1 heterocycles. The summed E-state index contributed by atoms with van der Waals surface area (Å²) in [6.45, 7) is 3.45. The van der Waals surface area contributed by atoms with Crippen LogP contribution < -0.4 is 10.6 Å². The van der Waals surface area contributed by atoms with Gasteiger partial charge in [-0.1, -0.05) is 12.8 Å². The number of piperidine rings is 1. The van der Waals surface area contributed by atoms with Crippen molar-refractivity contribution in [2.75, 3.05) is 13.1 Å². The second-order valence-electron chi connectivity index (χ2n) is 6.07. The number of carbonyl (C=O) groups is 2. The third-order valence-electron chi connectivity index (χ3n) is 4.68. The standard InChI is InChI=1S/C14H24N2O3/c1-14(13(18)19)7-3-2-6-11(14)16-12(17)10-5-4-8-15-9-10/h10-11,15H,2-9H2,1H3,(H,16,17)(H,18,19). The molecule has 1 saturated heterocycles. The number of carboxylic acids is 1. The lowest BCUT2D eigenvalue weighted by Gasteiger charge is -2.39. The maximum atomic E-state index is 12.2. The fourth-order valence-corrected chi connectivity index (χ4v) is 3.19. The van der Waals surface area contributed by atoms with Crippen LogP contribution in [0.3, 0.4) is 0 Å². The van der Waals surface area contributed by atoms with Crippen LogP contribution in [0.2, 0.25) is 0 Å². The van der Waals surface area contributed by atoms with E-state index in [1.807, 2.05) is 0 Å². The van der Waals surface area contributed by atoms with Crippen LogP contribution in [0.1, 0.15) is 45.4 Å². The summed E-state index contributed by atoms with van der Waals surface area (Å²) in [6, 6.07) is -0.229. The minimum absolute atomic E-state index is 0.00581. The molecule has 1 saturated carbocycles. The highest BCUT2D eigenvalue weighted by molar-refractivity contribution is 5.81. The molecule has 3 atom stereocenters. The molecule has 3 N–H and O–H groups in total. The van der Waals surface area contributed by atoms with Gasteiger partial charge in [-0.2, -0.15) is 0 Å². The van der Waals surface area contributed by atoms with Crippen LogP contribution in [0.15, 0.2) is 0 Å². The van der Waals surface area contributed by atoms with Crippen molar-refractivity contribution >= 4 is 11.9 Å². The van der Waals surface area contributed by atoms with Gasteiger partial charge in [-0.25, -0.2) is 0 Å². The summed E-state index contributed by atoms with van der Waals surface area (Å²) in [5, 5.41) is 15.6. The topological polar surface area (TPSA) is 78.4 Å². The average molecular weight is 268 g/mol. The van der Waals surface area contributed by atoms with E-state index in [0.29, 0.717) is 13.0 Å².